The molecular weight excluding hydrogens is 338 g/mol. The van der Waals surface area contributed by atoms with Gasteiger partial charge < -0.3 is 4.90 Å². The van der Waals surface area contributed by atoms with E-state index in [0.717, 1.165) is 49.8 Å². The van der Waals surface area contributed by atoms with E-state index in [1.165, 1.54) is 11.1 Å². The molecule has 6 heteroatoms. The van der Waals surface area contributed by atoms with E-state index in [1.54, 1.807) is 4.52 Å². The highest BCUT2D eigenvalue weighted by molar-refractivity contribution is 5.93. The zero-order valence-electron chi connectivity index (χ0n) is 16.1. The molecule has 0 unspecified atom stereocenters. The van der Waals surface area contributed by atoms with Gasteiger partial charge in [0.2, 0.25) is 0 Å². The minimum atomic E-state index is 0.00894. The highest BCUT2D eigenvalue weighted by atomic mass is 16.2. The van der Waals surface area contributed by atoms with Crippen LogP contribution in [0.2, 0.25) is 0 Å². The molecule has 0 bridgehead atoms. The van der Waals surface area contributed by atoms with E-state index in [1.807, 2.05) is 30.9 Å². The molecule has 1 saturated heterocycles. The second kappa shape index (κ2) is 7.12. The van der Waals surface area contributed by atoms with Crippen LogP contribution in [0, 0.1) is 20.8 Å². The summed E-state index contributed by atoms with van der Waals surface area (Å²) >= 11 is 0. The summed E-state index contributed by atoms with van der Waals surface area (Å²) in [7, 11) is 0. The predicted molar refractivity (Wildman–Crippen MR) is 105 cm³/mol. The lowest BCUT2D eigenvalue weighted by atomic mass is 10.1. The average Bonchev–Trinajstić information content (AvgIpc) is 3.03. The molecule has 1 aromatic carbocycles. The van der Waals surface area contributed by atoms with Gasteiger partial charge in [-0.05, 0) is 32.4 Å². The number of rotatable bonds is 3. The molecule has 3 heterocycles. The summed E-state index contributed by atoms with van der Waals surface area (Å²) in [6, 6.07) is 12.4. The molecular formula is C21H25N5O. The van der Waals surface area contributed by atoms with Gasteiger partial charge in [-0.1, -0.05) is 29.8 Å². The first-order valence-electron chi connectivity index (χ1n) is 9.41. The molecule has 27 heavy (non-hydrogen) atoms. The monoisotopic (exact) mass is 363 g/mol. The van der Waals surface area contributed by atoms with Crippen molar-refractivity contribution in [3.05, 3.63) is 64.6 Å². The first kappa shape index (κ1) is 17.7. The molecule has 0 radical (unpaired) electrons. The maximum Gasteiger partial charge on any atom is 0.272 e. The molecule has 1 aliphatic heterocycles. The lowest BCUT2D eigenvalue weighted by molar-refractivity contribution is 0.0622. The molecule has 0 N–H and O–H groups in total. The number of aryl methyl sites for hydroxylation is 3. The Balaban J connectivity index is 1.42. The van der Waals surface area contributed by atoms with Crippen molar-refractivity contribution in [1.29, 1.82) is 0 Å². The summed E-state index contributed by atoms with van der Waals surface area (Å²) < 4.78 is 1.78. The molecule has 1 fully saturated rings. The minimum absolute atomic E-state index is 0.00894. The van der Waals surface area contributed by atoms with E-state index >= 15 is 0 Å². The second-order valence-corrected chi connectivity index (χ2v) is 7.40. The number of benzene rings is 1. The number of piperazine rings is 1. The van der Waals surface area contributed by atoms with E-state index in [2.05, 4.69) is 46.2 Å². The Kier molecular flexibility index (Phi) is 4.66. The van der Waals surface area contributed by atoms with Crippen molar-refractivity contribution in [2.75, 3.05) is 26.2 Å². The van der Waals surface area contributed by atoms with E-state index in [4.69, 9.17) is 0 Å². The Hall–Kier alpha value is -2.73. The Labute approximate surface area is 159 Å². The normalized spacial score (nSPS) is 15.4. The highest BCUT2D eigenvalue weighted by Crippen LogP contribution is 2.14. The summed E-state index contributed by atoms with van der Waals surface area (Å²) in [5, 5.41) is 4.40. The molecule has 0 atom stereocenters. The second-order valence-electron chi connectivity index (χ2n) is 7.40. The van der Waals surface area contributed by atoms with Crippen LogP contribution in [0.25, 0.3) is 5.65 Å². The van der Waals surface area contributed by atoms with Crippen molar-refractivity contribution in [2.24, 2.45) is 0 Å². The fraction of sp³-hybridized carbons (Fsp3) is 0.381. The number of aromatic nitrogens is 3. The van der Waals surface area contributed by atoms with Crippen molar-refractivity contribution >= 4 is 11.6 Å². The quantitative estimate of drug-likeness (QED) is 0.718. The Morgan fingerprint density at radius 3 is 2.56 bits per heavy atom. The maximum absolute atomic E-state index is 12.9. The molecule has 1 amide bonds. The zero-order valence-corrected chi connectivity index (χ0v) is 16.1. The molecule has 2 aromatic heterocycles. The van der Waals surface area contributed by atoms with Gasteiger partial charge in [0, 0.05) is 44.5 Å². The summed E-state index contributed by atoms with van der Waals surface area (Å²) in [5.41, 5.74) is 5.68. The summed E-state index contributed by atoms with van der Waals surface area (Å²) in [5.74, 6) is 0.00894. The Bertz CT molecular complexity index is 985. The van der Waals surface area contributed by atoms with Crippen LogP contribution < -0.4 is 0 Å². The van der Waals surface area contributed by atoms with Crippen molar-refractivity contribution in [3.8, 4) is 0 Å². The van der Waals surface area contributed by atoms with Crippen LogP contribution in [-0.4, -0.2) is 56.5 Å². The van der Waals surface area contributed by atoms with E-state index in [0.29, 0.717) is 5.69 Å². The SMILES string of the molecule is Cc1cccc(CN2CCN(C(=O)c3cc(C)n4nc(C)cc4n3)CC2)c1. The summed E-state index contributed by atoms with van der Waals surface area (Å²) in [4.78, 5) is 21.8. The number of nitrogens with zero attached hydrogens (tertiary/aromatic N) is 5. The smallest absolute Gasteiger partial charge is 0.272 e. The number of hydrogen-bond donors (Lipinski definition) is 0. The molecule has 4 rings (SSSR count). The maximum atomic E-state index is 12.9. The highest BCUT2D eigenvalue weighted by Gasteiger charge is 2.24. The fourth-order valence-electron chi connectivity index (χ4n) is 3.69. The largest absolute Gasteiger partial charge is 0.335 e. The van der Waals surface area contributed by atoms with E-state index < -0.39 is 0 Å². The lowest BCUT2D eigenvalue weighted by Crippen LogP contribution is -2.48. The molecule has 0 spiro atoms. The third kappa shape index (κ3) is 3.71. The van der Waals surface area contributed by atoms with Gasteiger partial charge in [-0.25, -0.2) is 9.50 Å². The van der Waals surface area contributed by atoms with Crippen molar-refractivity contribution in [3.63, 3.8) is 0 Å². The zero-order chi connectivity index (χ0) is 19.0. The van der Waals surface area contributed by atoms with Gasteiger partial charge in [-0.2, -0.15) is 5.10 Å². The average molecular weight is 363 g/mol. The third-order valence-corrected chi connectivity index (χ3v) is 5.09. The van der Waals surface area contributed by atoms with Gasteiger partial charge in [0.25, 0.3) is 5.91 Å². The molecule has 0 saturated carbocycles. The van der Waals surface area contributed by atoms with Gasteiger partial charge in [0.05, 0.1) is 5.69 Å². The fourth-order valence-corrected chi connectivity index (χ4v) is 3.69. The predicted octanol–water partition coefficient (Wildman–Crippen LogP) is 2.61. The van der Waals surface area contributed by atoms with Crippen LogP contribution in [-0.2, 0) is 6.54 Å². The van der Waals surface area contributed by atoms with Crippen molar-refractivity contribution in [2.45, 2.75) is 27.3 Å². The minimum Gasteiger partial charge on any atom is -0.335 e. The van der Waals surface area contributed by atoms with E-state index in [-0.39, 0.29) is 5.91 Å². The standard InChI is InChI=1S/C21H25N5O/c1-15-5-4-6-18(11-15)14-24-7-9-25(10-8-24)21(27)19-13-17(3)26-20(22-19)12-16(2)23-26/h4-6,11-13H,7-10,14H2,1-3H3. The van der Waals surface area contributed by atoms with Crippen molar-refractivity contribution < 1.29 is 4.79 Å². The van der Waals surface area contributed by atoms with Crippen molar-refractivity contribution in [1.82, 2.24) is 24.4 Å². The van der Waals surface area contributed by atoms with Gasteiger partial charge >= 0.3 is 0 Å². The van der Waals surface area contributed by atoms with Crippen LogP contribution in [0.3, 0.4) is 0 Å². The first-order valence-corrected chi connectivity index (χ1v) is 9.41. The van der Waals surface area contributed by atoms with Gasteiger partial charge in [-0.15, -0.1) is 0 Å². The molecule has 0 aliphatic carbocycles. The molecule has 6 nitrogen and oxygen atoms in total. The first-order chi connectivity index (χ1) is 13.0. The summed E-state index contributed by atoms with van der Waals surface area (Å²) in [6.45, 7) is 10.2. The van der Waals surface area contributed by atoms with Crippen LogP contribution in [0.15, 0.2) is 36.4 Å². The topological polar surface area (TPSA) is 53.7 Å². The Morgan fingerprint density at radius 2 is 1.81 bits per heavy atom. The molecule has 1 aliphatic rings. The number of carbonyl (C=O) groups is 1. The molecule has 140 valence electrons. The number of hydrogen-bond acceptors (Lipinski definition) is 4. The number of fused-ring (bicyclic) bond motifs is 1. The van der Waals surface area contributed by atoms with Crippen LogP contribution in [0.1, 0.15) is 33.0 Å². The third-order valence-electron chi connectivity index (χ3n) is 5.09. The van der Waals surface area contributed by atoms with Gasteiger partial charge in [0.15, 0.2) is 5.65 Å². The summed E-state index contributed by atoms with van der Waals surface area (Å²) in [6.07, 6.45) is 0. The van der Waals surface area contributed by atoms with Gasteiger partial charge in [0.1, 0.15) is 5.69 Å². The number of amides is 1. The lowest BCUT2D eigenvalue weighted by Gasteiger charge is -2.34. The van der Waals surface area contributed by atoms with Crippen LogP contribution in [0.5, 0.6) is 0 Å². The van der Waals surface area contributed by atoms with Crippen LogP contribution >= 0.6 is 0 Å². The Morgan fingerprint density at radius 1 is 1.04 bits per heavy atom. The van der Waals surface area contributed by atoms with Crippen LogP contribution in [0.4, 0.5) is 0 Å². The molecule has 3 aromatic rings. The number of carbonyl (C=O) groups excluding carboxylic acids is 1. The van der Waals surface area contributed by atoms with E-state index in [9.17, 15) is 4.79 Å². The van der Waals surface area contributed by atoms with Gasteiger partial charge in [-0.3, -0.25) is 9.69 Å².